The van der Waals surface area contributed by atoms with Crippen LogP contribution in [0.15, 0.2) is 84.1 Å². The summed E-state index contributed by atoms with van der Waals surface area (Å²) in [7, 11) is 4.81. The Kier molecular flexibility index (Phi) is 11.4. The number of hydrogen-bond donors (Lipinski definition) is 2. The first-order valence-corrected chi connectivity index (χ1v) is 20.7. The Bertz CT molecular complexity index is 2400. The Morgan fingerprint density at radius 2 is 1.19 bits per heavy atom. The third-order valence-electron chi connectivity index (χ3n) is 10.1. The summed E-state index contributed by atoms with van der Waals surface area (Å²) in [4.78, 5) is 41.5. The second-order valence-electron chi connectivity index (χ2n) is 14.1. The van der Waals surface area contributed by atoms with Gasteiger partial charge < -0.3 is 29.6 Å². The van der Waals surface area contributed by atoms with Gasteiger partial charge in [0.05, 0.1) is 66.2 Å². The molecule has 6 aromatic rings. The quantitative estimate of drug-likeness (QED) is 0.104. The highest BCUT2D eigenvalue weighted by molar-refractivity contribution is 7.14. The summed E-state index contributed by atoms with van der Waals surface area (Å²) < 4.78 is 25.2. The van der Waals surface area contributed by atoms with Crippen molar-refractivity contribution >= 4 is 45.9 Å². The molecule has 2 N–H and O–H groups in total. The van der Waals surface area contributed by atoms with Gasteiger partial charge in [0.25, 0.3) is 6.73 Å². The van der Waals surface area contributed by atoms with Gasteiger partial charge in [0, 0.05) is 33.7 Å². The van der Waals surface area contributed by atoms with E-state index in [9.17, 15) is 9.59 Å². The number of ether oxygens (including phenoxy) is 4. The number of benzene rings is 2. The largest absolute Gasteiger partial charge is 0.493 e. The van der Waals surface area contributed by atoms with Crippen LogP contribution in [-0.4, -0.2) is 48.1 Å². The van der Waals surface area contributed by atoms with E-state index in [4.69, 9.17) is 28.9 Å². The molecule has 2 aromatic carbocycles. The summed E-state index contributed by atoms with van der Waals surface area (Å²) in [5.41, 5.74) is 5.99. The topological polar surface area (TPSA) is 138 Å². The van der Waals surface area contributed by atoms with Crippen LogP contribution in [0, 0.1) is 11.8 Å². The fraction of sp³-hybridized carbons (Fsp3) is 0.302. The maximum atomic E-state index is 13.0. The van der Waals surface area contributed by atoms with Crippen molar-refractivity contribution in [1.29, 1.82) is 0 Å². The highest BCUT2D eigenvalue weighted by Gasteiger charge is 2.30. The molecule has 0 radical (unpaired) electrons. The average Bonchev–Trinajstić information content (AvgIpc) is 3.84. The number of thiophene rings is 2. The zero-order valence-electron chi connectivity index (χ0n) is 31.9. The maximum absolute atomic E-state index is 13.0. The van der Waals surface area contributed by atoms with Gasteiger partial charge in [-0.1, -0.05) is 19.3 Å². The van der Waals surface area contributed by atoms with Crippen molar-refractivity contribution in [3.63, 3.8) is 0 Å². The lowest BCUT2D eigenvalue weighted by atomic mass is 9.88. The van der Waals surface area contributed by atoms with Gasteiger partial charge in [-0.05, 0) is 74.2 Å². The summed E-state index contributed by atoms with van der Waals surface area (Å²) in [6.45, 7) is 0.148. The molecule has 0 spiro atoms. The van der Waals surface area contributed by atoms with Crippen molar-refractivity contribution < 1.29 is 33.1 Å². The fourth-order valence-corrected chi connectivity index (χ4v) is 8.44. The molecule has 57 heavy (non-hydrogen) atoms. The Morgan fingerprint density at radius 1 is 0.649 bits per heavy atom. The molecule has 0 saturated heterocycles. The first-order chi connectivity index (χ1) is 27.9. The van der Waals surface area contributed by atoms with Gasteiger partial charge in [-0.25, -0.2) is 9.97 Å². The number of aromatic nitrogens is 4. The lowest BCUT2D eigenvalue weighted by molar-refractivity contribution is -0.724. The minimum Gasteiger partial charge on any atom is -0.493 e. The van der Waals surface area contributed by atoms with Crippen LogP contribution in [0.3, 0.4) is 0 Å². The predicted molar refractivity (Wildman–Crippen MR) is 221 cm³/mol. The smallest absolute Gasteiger partial charge is 0.292 e. The number of carbonyl (C=O) groups is 2. The Hall–Kier alpha value is -5.86. The van der Waals surface area contributed by atoms with Crippen molar-refractivity contribution in [2.75, 3.05) is 32.0 Å². The van der Waals surface area contributed by atoms with E-state index in [1.165, 1.54) is 29.1 Å². The van der Waals surface area contributed by atoms with E-state index >= 15 is 0 Å². The molecule has 2 aliphatic carbocycles. The van der Waals surface area contributed by atoms with E-state index < -0.39 is 0 Å². The van der Waals surface area contributed by atoms with Crippen LogP contribution in [0.5, 0.6) is 23.0 Å². The number of methoxy groups -OCH3 is 3. The van der Waals surface area contributed by atoms with E-state index in [1.807, 2.05) is 76.3 Å². The molecule has 0 atom stereocenters. The molecular formula is C43H43N6O6S2+. The van der Waals surface area contributed by atoms with Crippen molar-refractivity contribution in [3.05, 3.63) is 84.1 Å². The molecule has 2 aliphatic rings. The number of carbonyl (C=O) groups excluding carboxylic acids is 2. The standard InChI is InChI=1S/C43H42N6O6S2/c1-52-36-13-11-29(16-38(36)53-2)34-21-49(22-35(48-34)41-18-31(24-57-41)45-42(50)26-7-5-4-6-8-26)25-55-37-14-12-28(15-39(37)54-3)32-19-44-20-33(47-32)40-17-30(23-56-40)46-43(51)27-9-10-27/h11-24,26-27H,4-10,25H2,1-3H3,(H-,45,46,50,51)/p+1. The number of anilines is 2. The molecule has 8 rings (SSSR count). The summed E-state index contributed by atoms with van der Waals surface area (Å²) in [5.74, 6) is 2.63. The second-order valence-corrected chi connectivity index (χ2v) is 16.0. The van der Waals surface area contributed by atoms with E-state index in [0.717, 1.165) is 76.5 Å². The molecule has 4 heterocycles. The minimum absolute atomic E-state index is 0.0598. The predicted octanol–water partition coefficient (Wildman–Crippen LogP) is 8.88. The monoisotopic (exact) mass is 803 g/mol. The van der Waals surface area contributed by atoms with Crippen molar-refractivity contribution in [1.82, 2.24) is 15.0 Å². The second kappa shape index (κ2) is 17.1. The number of nitrogens with one attached hydrogen (secondary N) is 2. The Morgan fingerprint density at radius 3 is 1.84 bits per heavy atom. The molecule has 14 heteroatoms. The summed E-state index contributed by atoms with van der Waals surface area (Å²) >= 11 is 3.03. The van der Waals surface area contributed by atoms with Gasteiger partial charge in [-0.15, -0.1) is 22.7 Å². The molecule has 0 bridgehead atoms. The molecule has 2 fully saturated rings. The van der Waals surface area contributed by atoms with Crippen molar-refractivity contribution in [2.24, 2.45) is 11.8 Å². The molecule has 292 valence electrons. The highest BCUT2D eigenvalue weighted by atomic mass is 32.1. The van der Waals surface area contributed by atoms with Crippen LogP contribution in [0.25, 0.3) is 43.7 Å². The average molecular weight is 804 g/mol. The Labute approximate surface area is 338 Å². The van der Waals surface area contributed by atoms with Crippen molar-refractivity contribution in [2.45, 2.75) is 51.7 Å². The summed E-state index contributed by atoms with van der Waals surface area (Å²) in [6.07, 6.45) is 14.4. The third-order valence-corrected chi connectivity index (χ3v) is 12.0. The van der Waals surface area contributed by atoms with E-state index in [0.29, 0.717) is 40.1 Å². The summed E-state index contributed by atoms with van der Waals surface area (Å²) in [5, 5.41) is 10.0. The first-order valence-electron chi connectivity index (χ1n) is 18.9. The van der Waals surface area contributed by atoms with Gasteiger partial charge >= 0.3 is 0 Å². The highest BCUT2D eigenvalue weighted by Crippen LogP contribution is 2.37. The minimum atomic E-state index is 0.0598. The molecule has 2 amide bonds. The number of hydrogen-bond acceptors (Lipinski definition) is 11. The number of rotatable bonds is 14. The molecule has 0 unspecified atom stereocenters. The SMILES string of the molecule is COc1ccc(-c2c[n+](COc3ccc(-c4cncc(-c5cc(NC(=O)C6CC6)cs5)n4)cc3OC)cc(-c3cc(NC(=O)C4CCCCC4)cs3)n2)cc1OC. The van der Waals surface area contributed by atoms with Crippen molar-refractivity contribution in [3.8, 4) is 66.7 Å². The fourth-order valence-electron chi connectivity index (χ4n) is 6.85. The van der Waals surface area contributed by atoms with Gasteiger partial charge in [0.1, 0.15) is 11.4 Å². The van der Waals surface area contributed by atoms with E-state index in [2.05, 4.69) is 15.6 Å². The first kappa shape index (κ1) is 38.0. The molecular weight excluding hydrogens is 761 g/mol. The number of amides is 2. The third kappa shape index (κ3) is 8.92. The van der Waals surface area contributed by atoms with Crippen LogP contribution in [0.2, 0.25) is 0 Å². The van der Waals surface area contributed by atoms with E-state index in [1.54, 1.807) is 33.7 Å². The molecule has 0 aliphatic heterocycles. The molecule has 12 nitrogen and oxygen atoms in total. The Balaban J connectivity index is 1.03. The van der Waals surface area contributed by atoms with E-state index in [-0.39, 0.29) is 30.4 Å². The normalized spacial score (nSPS) is 14.2. The van der Waals surface area contributed by atoms with Crippen LogP contribution in [0.1, 0.15) is 44.9 Å². The van der Waals surface area contributed by atoms with Gasteiger partial charge in [-0.2, -0.15) is 4.57 Å². The van der Waals surface area contributed by atoms with Gasteiger partial charge in [0.2, 0.25) is 11.8 Å². The number of nitrogens with zero attached hydrogens (tertiary/aromatic N) is 4. The van der Waals surface area contributed by atoms with Gasteiger partial charge in [0.15, 0.2) is 35.4 Å². The van der Waals surface area contributed by atoms with Crippen LogP contribution in [0.4, 0.5) is 11.4 Å². The van der Waals surface area contributed by atoms with Gasteiger partial charge in [-0.3, -0.25) is 14.6 Å². The summed E-state index contributed by atoms with van der Waals surface area (Å²) in [6, 6.07) is 15.3. The van der Waals surface area contributed by atoms with Crippen LogP contribution < -0.4 is 34.1 Å². The maximum Gasteiger partial charge on any atom is 0.292 e. The van der Waals surface area contributed by atoms with Crippen LogP contribution >= 0.6 is 22.7 Å². The lowest BCUT2D eigenvalue weighted by Crippen LogP contribution is -2.37. The molecule has 2 saturated carbocycles. The zero-order valence-corrected chi connectivity index (χ0v) is 33.6. The molecule has 4 aromatic heterocycles. The lowest BCUT2D eigenvalue weighted by Gasteiger charge is -2.20. The van der Waals surface area contributed by atoms with Crippen LogP contribution in [-0.2, 0) is 16.3 Å². The zero-order chi connectivity index (χ0) is 39.3.